The van der Waals surface area contributed by atoms with Crippen molar-refractivity contribution in [3.8, 4) is 0 Å². The molecule has 0 spiro atoms. The van der Waals surface area contributed by atoms with E-state index in [2.05, 4.69) is 10.3 Å². The number of nitrogens with zero attached hydrogens (tertiary/aromatic N) is 2. The van der Waals surface area contributed by atoms with Gasteiger partial charge in [0.1, 0.15) is 11.3 Å². The molecule has 154 valence electrons. The van der Waals surface area contributed by atoms with Gasteiger partial charge in [0.15, 0.2) is 0 Å². The van der Waals surface area contributed by atoms with E-state index in [-0.39, 0.29) is 18.7 Å². The predicted octanol–water partition coefficient (Wildman–Crippen LogP) is 3.89. The first-order chi connectivity index (χ1) is 13.8. The van der Waals surface area contributed by atoms with E-state index >= 15 is 0 Å². The molecule has 2 aromatic heterocycles. The third-order valence-electron chi connectivity index (χ3n) is 5.55. The van der Waals surface area contributed by atoms with E-state index in [0.717, 1.165) is 11.1 Å². The Morgan fingerprint density at radius 1 is 1.34 bits per heavy atom. The molecule has 5 nitrogen and oxygen atoms in total. The first kappa shape index (κ1) is 19.7. The van der Waals surface area contributed by atoms with Crippen molar-refractivity contribution in [3.63, 3.8) is 0 Å². The number of halogens is 3. The van der Waals surface area contributed by atoms with Gasteiger partial charge in [0, 0.05) is 38.2 Å². The Morgan fingerprint density at radius 3 is 2.90 bits per heavy atom. The van der Waals surface area contributed by atoms with Crippen LogP contribution in [0, 0.1) is 0 Å². The molecule has 2 aliphatic rings. The number of fused-ring (bicyclic) bond motifs is 1. The molecule has 2 aliphatic carbocycles. The number of nitrogens with one attached hydrogen (secondary N) is 1. The van der Waals surface area contributed by atoms with Gasteiger partial charge < -0.3 is 15.0 Å². The second-order valence-corrected chi connectivity index (χ2v) is 7.73. The first-order valence-electron chi connectivity index (χ1n) is 9.67. The summed E-state index contributed by atoms with van der Waals surface area (Å²) in [7, 11) is 0. The van der Waals surface area contributed by atoms with Gasteiger partial charge in [-0.15, -0.1) is 0 Å². The molecule has 0 bridgehead atoms. The SMILES string of the molecule is O=C(NC1CCC(F)(F)C[C@@H]1O)c1cn(CC2=CC=C(F)CC2)c2cccnc12. The minimum absolute atomic E-state index is 0.0107. The molecule has 2 heterocycles. The van der Waals surface area contributed by atoms with E-state index in [0.29, 0.717) is 30.5 Å². The molecule has 2 N–H and O–H groups in total. The lowest BCUT2D eigenvalue weighted by atomic mass is 9.89. The molecule has 2 aromatic rings. The molecule has 0 aliphatic heterocycles. The van der Waals surface area contributed by atoms with Crippen molar-refractivity contribution < 1.29 is 23.1 Å². The molecule has 1 saturated carbocycles. The maximum absolute atomic E-state index is 13.4. The number of amides is 1. The Kier molecular flexibility index (Phi) is 5.21. The van der Waals surface area contributed by atoms with Crippen LogP contribution in [0.4, 0.5) is 13.2 Å². The Balaban J connectivity index is 1.57. The van der Waals surface area contributed by atoms with Gasteiger partial charge in [-0.1, -0.05) is 11.6 Å². The van der Waals surface area contributed by atoms with Crippen LogP contribution < -0.4 is 5.32 Å². The number of aromatic nitrogens is 2. The summed E-state index contributed by atoms with van der Waals surface area (Å²) in [5.41, 5.74) is 2.61. The van der Waals surface area contributed by atoms with Gasteiger partial charge in [0.25, 0.3) is 11.8 Å². The third-order valence-corrected chi connectivity index (χ3v) is 5.55. The maximum Gasteiger partial charge on any atom is 0.255 e. The fourth-order valence-electron chi connectivity index (χ4n) is 3.95. The molecule has 8 heteroatoms. The quantitative estimate of drug-likeness (QED) is 0.811. The second kappa shape index (κ2) is 7.67. The van der Waals surface area contributed by atoms with E-state index in [9.17, 15) is 23.1 Å². The number of aliphatic hydroxyl groups is 1. The van der Waals surface area contributed by atoms with Crippen molar-refractivity contribution in [1.82, 2.24) is 14.9 Å². The number of pyridine rings is 1. The Morgan fingerprint density at radius 2 is 2.17 bits per heavy atom. The summed E-state index contributed by atoms with van der Waals surface area (Å²) < 4.78 is 42.0. The number of carbonyl (C=O) groups is 1. The molecular formula is C21H22F3N3O2. The number of allylic oxidation sites excluding steroid dienone is 4. The molecular weight excluding hydrogens is 383 g/mol. The zero-order valence-corrected chi connectivity index (χ0v) is 15.7. The highest BCUT2D eigenvalue weighted by Crippen LogP contribution is 2.33. The summed E-state index contributed by atoms with van der Waals surface area (Å²) in [5, 5.41) is 12.7. The average Bonchev–Trinajstić information content (AvgIpc) is 3.04. The summed E-state index contributed by atoms with van der Waals surface area (Å²) in [6.45, 7) is 0.498. The van der Waals surface area contributed by atoms with Crippen LogP contribution in [-0.4, -0.2) is 38.6 Å². The lowest BCUT2D eigenvalue weighted by Crippen LogP contribution is -2.49. The second-order valence-electron chi connectivity index (χ2n) is 7.73. The van der Waals surface area contributed by atoms with E-state index in [1.165, 1.54) is 6.08 Å². The van der Waals surface area contributed by atoms with Crippen molar-refractivity contribution in [2.45, 2.75) is 56.7 Å². The largest absolute Gasteiger partial charge is 0.391 e. The number of rotatable bonds is 4. The zero-order valence-electron chi connectivity index (χ0n) is 15.7. The summed E-state index contributed by atoms with van der Waals surface area (Å²) >= 11 is 0. The number of alkyl halides is 2. The van der Waals surface area contributed by atoms with E-state index in [4.69, 9.17) is 0 Å². The van der Waals surface area contributed by atoms with Crippen LogP contribution in [0.1, 0.15) is 42.5 Å². The zero-order chi connectivity index (χ0) is 20.6. The topological polar surface area (TPSA) is 67.2 Å². The minimum Gasteiger partial charge on any atom is -0.391 e. The molecule has 2 atom stereocenters. The van der Waals surface area contributed by atoms with Crippen molar-refractivity contribution in [2.24, 2.45) is 0 Å². The van der Waals surface area contributed by atoms with Crippen LogP contribution in [0.25, 0.3) is 11.0 Å². The number of hydrogen-bond donors (Lipinski definition) is 2. The maximum atomic E-state index is 13.4. The molecule has 1 fully saturated rings. The van der Waals surface area contributed by atoms with E-state index in [1.807, 2.05) is 10.6 Å². The van der Waals surface area contributed by atoms with Gasteiger partial charge in [-0.05, 0) is 31.1 Å². The fourth-order valence-corrected chi connectivity index (χ4v) is 3.95. The Hall–Kier alpha value is -2.61. The molecule has 1 unspecified atom stereocenters. The molecule has 0 radical (unpaired) electrons. The highest BCUT2D eigenvalue weighted by molar-refractivity contribution is 6.05. The lowest BCUT2D eigenvalue weighted by molar-refractivity contribution is -0.0862. The van der Waals surface area contributed by atoms with E-state index < -0.39 is 30.4 Å². The number of carbonyl (C=O) groups excluding carboxylic acids is 1. The normalized spacial score (nSPS) is 24.1. The highest BCUT2D eigenvalue weighted by atomic mass is 19.3. The van der Waals surface area contributed by atoms with Crippen molar-refractivity contribution in [2.75, 3.05) is 0 Å². The standard InChI is InChI=1S/C21H22F3N3O2/c22-14-5-3-13(4-6-14)11-27-12-15(19-17(27)2-1-9-25-19)20(29)26-16-7-8-21(23,24)10-18(16)28/h1-3,5,9,12,16,18,28H,4,6-8,10-11H2,(H,26,29)/t16?,18-/m0/s1. The number of hydrogen-bond acceptors (Lipinski definition) is 3. The summed E-state index contributed by atoms with van der Waals surface area (Å²) in [6.07, 6.45) is 5.12. The Bertz CT molecular complexity index is 996. The van der Waals surface area contributed by atoms with Crippen molar-refractivity contribution in [1.29, 1.82) is 0 Å². The van der Waals surface area contributed by atoms with Crippen LogP contribution in [0.3, 0.4) is 0 Å². The third kappa shape index (κ3) is 4.22. The van der Waals surface area contributed by atoms with Crippen molar-refractivity contribution in [3.05, 3.63) is 53.6 Å². The van der Waals surface area contributed by atoms with Crippen LogP contribution in [0.5, 0.6) is 0 Å². The summed E-state index contributed by atoms with van der Waals surface area (Å²) in [4.78, 5) is 17.2. The molecule has 0 saturated heterocycles. The van der Waals surface area contributed by atoms with E-state index in [1.54, 1.807) is 24.5 Å². The summed E-state index contributed by atoms with van der Waals surface area (Å²) in [5.74, 6) is -3.50. The van der Waals surface area contributed by atoms with Crippen LogP contribution in [0.2, 0.25) is 0 Å². The average molecular weight is 405 g/mol. The molecule has 1 amide bonds. The smallest absolute Gasteiger partial charge is 0.255 e. The summed E-state index contributed by atoms with van der Waals surface area (Å²) in [6, 6.07) is 2.88. The van der Waals surface area contributed by atoms with Crippen LogP contribution in [0.15, 0.2) is 48.1 Å². The van der Waals surface area contributed by atoms with Gasteiger partial charge >= 0.3 is 0 Å². The van der Waals surface area contributed by atoms with Crippen molar-refractivity contribution >= 4 is 16.9 Å². The van der Waals surface area contributed by atoms with Gasteiger partial charge in [-0.2, -0.15) is 0 Å². The monoisotopic (exact) mass is 405 g/mol. The molecule has 0 aromatic carbocycles. The molecule has 4 rings (SSSR count). The van der Waals surface area contributed by atoms with Gasteiger partial charge in [-0.25, -0.2) is 13.2 Å². The van der Waals surface area contributed by atoms with Gasteiger partial charge in [0.2, 0.25) is 0 Å². The minimum atomic E-state index is -2.90. The van der Waals surface area contributed by atoms with Gasteiger partial charge in [-0.3, -0.25) is 9.78 Å². The first-order valence-corrected chi connectivity index (χ1v) is 9.67. The van der Waals surface area contributed by atoms with Gasteiger partial charge in [0.05, 0.1) is 23.2 Å². The van der Waals surface area contributed by atoms with Crippen LogP contribution in [-0.2, 0) is 6.54 Å². The number of aliphatic hydroxyl groups excluding tert-OH is 1. The fraction of sp³-hybridized carbons (Fsp3) is 0.429. The highest BCUT2D eigenvalue weighted by Gasteiger charge is 2.41. The lowest BCUT2D eigenvalue weighted by Gasteiger charge is -2.33. The van der Waals surface area contributed by atoms with Crippen LogP contribution >= 0.6 is 0 Å². The predicted molar refractivity (Wildman–Crippen MR) is 102 cm³/mol. The Labute approximate surface area is 165 Å². The molecule has 29 heavy (non-hydrogen) atoms.